The van der Waals surface area contributed by atoms with Crippen LogP contribution in [0.25, 0.3) is 0 Å². The number of aryl methyl sites for hydroxylation is 1. The van der Waals surface area contributed by atoms with Crippen LogP contribution in [0.1, 0.15) is 12.0 Å². The lowest BCUT2D eigenvalue weighted by Crippen LogP contribution is -2.06. The molecular formula is C12H13ClO4S. The Hall–Kier alpha value is -1.33. The molecule has 0 bridgehead atoms. The summed E-state index contributed by atoms with van der Waals surface area (Å²) in [6.07, 6.45) is 0.391. The number of carboxylic acid groups (broad SMARTS) is 1. The molecule has 6 heteroatoms. The van der Waals surface area contributed by atoms with Crippen LogP contribution in [0.4, 0.5) is 0 Å². The normalized spacial score (nSPS) is 11.2. The van der Waals surface area contributed by atoms with Crippen molar-refractivity contribution in [2.75, 3.05) is 5.75 Å². The van der Waals surface area contributed by atoms with Gasteiger partial charge in [-0.15, -0.1) is 0 Å². The zero-order valence-electron chi connectivity index (χ0n) is 9.60. The average molecular weight is 289 g/mol. The van der Waals surface area contributed by atoms with E-state index in [1.165, 1.54) is 12.1 Å². The number of hydrogen-bond acceptors (Lipinski definition) is 3. The quantitative estimate of drug-likeness (QED) is 0.871. The lowest BCUT2D eigenvalue weighted by atomic mass is 10.1. The van der Waals surface area contributed by atoms with Crippen molar-refractivity contribution < 1.29 is 18.3 Å². The highest BCUT2D eigenvalue weighted by Gasteiger charge is 2.15. The molecule has 1 rings (SSSR count). The van der Waals surface area contributed by atoms with Gasteiger partial charge in [-0.05, 0) is 24.1 Å². The van der Waals surface area contributed by atoms with Crippen molar-refractivity contribution in [1.29, 1.82) is 0 Å². The van der Waals surface area contributed by atoms with Crippen LogP contribution in [0, 0.1) is 0 Å². The summed E-state index contributed by atoms with van der Waals surface area (Å²) in [5, 5.41) is 8.60. The number of aliphatic carboxylic acids is 1. The first-order valence-electron chi connectivity index (χ1n) is 5.18. The highest BCUT2D eigenvalue weighted by molar-refractivity contribution is 7.91. The Morgan fingerprint density at radius 2 is 1.83 bits per heavy atom. The Morgan fingerprint density at radius 3 is 2.28 bits per heavy atom. The topological polar surface area (TPSA) is 71.4 Å². The van der Waals surface area contributed by atoms with E-state index >= 15 is 0 Å². The largest absolute Gasteiger partial charge is 0.481 e. The van der Waals surface area contributed by atoms with E-state index < -0.39 is 15.8 Å². The maximum Gasteiger partial charge on any atom is 0.303 e. The maximum absolute atomic E-state index is 11.8. The van der Waals surface area contributed by atoms with Crippen molar-refractivity contribution in [1.82, 2.24) is 0 Å². The van der Waals surface area contributed by atoms with Crippen molar-refractivity contribution in [2.24, 2.45) is 0 Å². The van der Waals surface area contributed by atoms with E-state index in [-0.39, 0.29) is 22.1 Å². The summed E-state index contributed by atoms with van der Waals surface area (Å²) in [4.78, 5) is 10.6. The number of sulfone groups is 1. The van der Waals surface area contributed by atoms with Gasteiger partial charge in [-0.25, -0.2) is 8.42 Å². The van der Waals surface area contributed by atoms with Gasteiger partial charge in [0.05, 0.1) is 10.6 Å². The van der Waals surface area contributed by atoms with Crippen molar-refractivity contribution in [3.05, 3.63) is 41.4 Å². The van der Waals surface area contributed by atoms with Crippen LogP contribution in [0.5, 0.6) is 0 Å². The van der Waals surface area contributed by atoms with Gasteiger partial charge in [0.1, 0.15) is 0 Å². The second-order valence-electron chi connectivity index (χ2n) is 3.81. The zero-order valence-corrected chi connectivity index (χ0v) is 11.2. The first kappa shape index (κ1) is 14.7. The fourth-order valence-electron chi connectivity index (χ4n) is 1.40. The zero-order chi connectivity index (χ0) is 13.8. The second kappa shape index (κ2) is 6.02. The fraction of sp³-hybridized carbons (Fsp3) is 0.250. The van der Waals surface area contributed by atoms with Crippen molar-refractivity contribution in [3.63, 3.8) is 0 Å². The van der Waals surface area contributed by atoms with Gasteiger partial charge in [-0.3, -0.25) is 4.79 Å². The summed E-state index contributed by atoms with van der Waals surface area (Å²) < 4.78 is 23.6. The number of carbonyl (C=O) groups is 1. The number of carboxylic acids is 1. The molecule has 18 heavy (non-hydrogen) atoms. The van der Waals surface area contributed by atoms with Gasteiger partial charge in [0.15, 0.2) is 9.84 Å². The lowest BCUT2D eigenvalue weighted by Gasteiger charge is -2.04. The van der Waals surface area contributed by atoms with E-state index in [0.717, 1.165) is 5.56 Å². The van der Waals surface area contributed by atoms with E-state index in [9.17, 15) is 13.2 Å². The molecule has 98 valence electrons. The molecule has 0 amide bonds. The molecule has 0 aromatic heterocycles. The molecule has 0 saturated heterocycles. The predicted molar refractivity (Wildman–Crippen MR) is 69.4 cm³/mol. The van der Waals surface area contributed by atoms with Crippen LogP contribution in [0.2, 0.25) is 0 Å². The van der Waals surface area contributed by atoms with Crippen LogP contribution < -0.4 is 0 Å². The van der Waals surface area contributed by atoms with E-state index in [4.69, 9.17) is 16.7 Å². The van der Waals surface area contributed by atoms with Gasteiger partial charge in [-0.1, -0.05) is 30.3 Å². The van der Waals surface area contributed by atoms with Crippen LogP contribution in [-0.4, -0.2) is 25.2 Å². The van der Waals surface area contributed by atoms with Gasteiger partial charge in [0.25, 0.3) is 0 Å². The summed E-state index contributed by atoms with van der Waals surface area (Å²) in [6.45, 7) is 3.35. The molecular weight excluding hydrogens is 276 g/mol. The summed E-state index contributed by atoms with van der Waals surface area (Å²) in [5.41, 5.74) is 0.779. The highest BCUT2D eigenvalue weighted by Crippen LogP contribution is 2.16. The minimum Gasteiger partial charge on any atom is -0.481 e. The van der Waals surface area contributed by atoms with Crippen molar-refractivity contribution in [2.45, 2.75) is 17.7 Å². The standard InChI is InChI=1S/C12H13ClO4S/c1-9(13)8-18(16,17)11-5-2-10(3-6-11)4-7-12(14)15/h2-3,5-6H,1,4,7-8H2,(H,14,15). The van der Waals surface area contributed by atoms with Gasteiger partial charge in [-0.2, -0.15) is 0 Å². The number of rotatable bonds is 6. The second-order valence-corrected chi connectivity index (χ2v) is 6.34. The van der Waals surface area contributed by atoms with Gasteiger partial charge in [0, 0.05) is 11.5 Å². The van der Waals surface area contributed by atoms with E-state index in [0.29, 0.717) is 6.42 Å². The molecule has 0 heterocycles. The molecule has 1 aromatic rings. The smallest absolute Gasteiger partial charge is 0.303 e. The molecule has 0 aliphatic rings. The molecule has 0 saturated carbocycles. The van der Waals surface area contributed by atoms with Crippen LogP contribution >= 0.6 is 11.6 Å². The molecule has 0 unspecified atom stereocenters. The summed E-state index contributed by atoms with van der Waals surface area (Å²) in [5.74, 6) is -1.19. The lowest BCUT2D eigenvalue weighted by molar-refractivity contribution is -0.136. The Balaban J connectivity index is 2.82. The average Bonchev–Trinajstić information content (AvgIpc) is 2.25. The third kappa shape index (κ3) is 4.50. The van der Waals surface area contributed by atoms with E-state index in [2.05, 4.69) is 6.58 Å². The molecule has 0 aliphatic carbocycles. The first-order chi connectivity index (χ1) is 8.31. The summed E-state index contributed by atoms with van der Waals surface area (Å²) >= 11 is 5.49. The first-order valence-corrected chi connectivity index (χ1v) is 7.21. The molecule has 0 fully saturated rings. The SMILES string of the molecule is C=C(Cl)CS(=O)(=O)c1ccc(CCC(=O)O)cc1. The molecule has 0 aliphatic heterocycles. The molecule has 1 aromatic carbocycles. The van der Waals surface area contributed by atoms with Crippen LogP contribution in [0.15, 0.2) is 40.8 Å². The Kier molecular flexibility index (Phi) is 4.93. The molecule has 0 atom stereocenters. The number of benzene rings is 1. The highest BCUT2D eigenvalue weighted by atomic mass is 35.5. The molecule has 1 N–H and O–H groups in total. The maximum atomic E-state index is 11.8. The van der Waals surface area contributed by atoms with Gasteiger partial charge >= 0.3 is 5.97 Å². The monoisotopic (exact) mass is 288 g/mol. The molecule has 0 radical (unpaired) electrons. The van der Waals surface area contributed by atoms with Gasteiger partial charge < -0.3 is 5.11 Å². The molecule has 0 spiro atoms. The number of halogens is 1. The van der Waals surface area contributed by atoms with Crippen molar-refractivity contribution in [3.8, 4) is 0 Å². The Morgan fingerprint density at radius 1 is 1.28 bits per heavy atom. The van der Waals surface area contributed by atoms with Crippen LogP contribution in [-0.2, 0) is 21.1 Å². The molecule has 4 nitrogen and oxygen atoms in total. The summed E-state index contributed by atoms with van der Waals surface area (Å²) in [7, 11) is -3.46. The third-order valence-corrected chi connectivity index (χ3v) is 4.27. The summed E-state index contributed by atoms with van der Waals surface area (Å²) in [6, 6.07) is 6.11. The van der Waals surface area contributed by atoms with Gasteiger partial charge in [0.2, 0.25) is 0 Å². The van der Waals surface area contributed by atoms with E-state index in [1.54, 1.807) is 12.1 Å². The Labute approximate surface area is 111 Å². The van der Waals surface area contributed by atoms with Crippen LogP contribution in [0.3, 0.4) is 0 Å². The number of hydrogen-bond donors (Lipinski definition) is 1. The minimum atomic E-state index is -3.46. The third-order valence-electron chi connectivity index (χ3n) is 2.26. The fourth-order valence-corrected chi connectivity index (χ4v) is 2.96. The minimum absolute atomic E-state index is 0.0184. The van der Waals surface area contributed by atoms with E-state index in [1.807, 2.05) is 0 Å². The Bertz CT molecular complexity index is 546. The van der Waals surface area contributed by atoms with Crippen molar-refractivity contribution >= 4 is 27.4 Å². The predicted octanol–water partition coefficient (Wildman–Crippen LogP) is 2.23.